The maximum absolute atomic E-state index is 13.3. The van der Waals surface area contributed by atoms with Crippen LogP contribution in [-0.2, 0) is 6.54 Å². The lowest BCUT2D eigenvalue weighted by Gasteiger charge is -2.14. The number of carbonyl (C=O) groups excluding carboxylic acids is 1. The lowest BCUT2D eigenvalue weighted by atomic mass is 9.98. The number of carbonyl (C=O) groups is 1. The van der Waals surface area contributed by atoms with Crippen LogP contribution < -0.4 is 4.74 Å². The van der Waals surface area contributed by atoms with Gasteiger partial charge in [0.25, 0.3) is 0 Å². The Kier molecular flexibility index (Phi) is 8.58. The third-order valence-corrected chi connectivity index (χ3v) is 5.38. The zero-order chi connectivity index (χ0) is 23.8. The second-order valence-electron chi connectivity index (χ2n) is 8.86. The summed E-state index contributed by atoms with van der Waals surface area (Å²) in [5.74, 6) is 0.549. The lowest BCUT2D eigenvalue weighted by molar-refractivity contribution is 0.104. The van der Waals surface area contributed by atoms with Gasteiger partial charge < -0.3 is 14.5 Å². The average molecular weight is 443 g/mol. The van der Waals surface area contributed by atoms with Crippen molar-refractivity contribution in [1.82, 2.24) is 9.80 Å². The van der Waals surface area contributed by atoms with E-state index in [1.54, 1.807) is 6.08 Å². The maximum Gasteiger partial charge on any atom is 0.189 e. The third kappa shape index (κ3) is 7.14. The summed E-state index contributed by atoms with van der Waals surface area (Å²) in [4.78, 5) is 17.5. The van der Waals surface area contributed by atoms with Crippen LogP contribution in [0.25, 0.3) is 17.2 Å². The second kappa shape index (κ2) is 11.6. The van der Waals surface area contributed by atoms with E-state index in [2.05, 4.69) is 47.1 Å². The van der Waals surface area contributed by atoms with Gasteiger partial charge >= 0.3 is 0 Å². The highest BCUT2D eigenvalue weighted by atomic mass is 16.5. The first-order chi connectivity index (χ1) is 15.8. The lowest BCUT2D eigenvalue weighted by Crippen LogP contribution is -2.20. The minimum Gasteiger partial charge on any atom is -0.491 e. The largest absolute Gasteiger partial charge is 0.491 e. The number of hydrogen-bond donors (Lipinski definition) is 0. The van der Waals surface area contributed by atoms with Crippen LogP contribution in [-0.4, -0.2) is 56.9 Å². The Hall–Kier alpha value is -3.21. The molecule has 4 heteroatoms. The van der Waals surface area contributed by atoms with E-state index >= 15 is 0 Å². The summed E-state index contributed by atoms with van der Waals surface area (Å²) in [6.45, 7) is 4.18. The molecule has 0 bridgehead atoms. The van der Waals surface area contributed by atoms with Crippen molar-refractivity contribution < 1.29 is 9.53 Å². The summed E-state index contributed by atoms with van der Waals surface area (Å²) in [5.41, 5.74) is 6.09. The molecule has 3 aromatic carbocycles. The van der Waals surface area contributed by atoms with Crippen molar-refractivity contribution in [1.29, 1.82) is 0 Å². The number of likely N-dealkylation sites (N-methyl/N-ethyl adjacent to an activating group) is 1. The smallest absolute Gasteiger partial charge is 0.189 e. The van der Waals surface area contributed by atoms with Gasteiger partial charge in [0.05, 0.1) is 5.56 Å². The van der Waals surface area contributed by atoms with Crippen LogP contribution in [0.3, 0.4) is 0 Å². The van der Waals surface area contributed by atoms with Gasteiger partial charge in [0.2, 0.25) is 0 Å². The van der Waals surface area contributed by atoms with Crippen molar-refractivity contribution in [2.45, 2.75) is 13.5 Å². The van der Waals surface area contributed by atoms with Gasteiger partial charge in [-0.05, 0) is 75.6 Å². The highest BCUT2D eigenvalue weighted by Crippen LogP contribution is 2.28. The summed E-state index contributed by atoms with van der Waals surface area (Å²) in [6, 6.07) is 22.4. The van der Waals surface area contributed by atoms with E-state index in [4.69, 9.17) is 4.74 Å². The van der Waals surface area contributed by atoms with E-state index < -0.39 is 0 Å². The minimum atomic E-state index is -0.0662. The summed E-state index contributed by atoms with van der Waals surface area (Å²) >= 11 is 0. The van der Waals surface area contributed by atoms with Crippen molar-refractivity contribution >= 4 is 11.9 Å². The molecule has 0 atom stereocenters. The molecule has 0 radical (unpaired) electrons. The van der Waals surface area contributed by atoms with E-state index in [0.717, 1.165) is 29.8 Å². The summed E-state index contributed by atoms with van der Waals surface area (Å²) in [6.07, 6.45) is 3.56. The van der Waals surface area contributed by atoms with Crippen LogP contribution in [0.2, 0.25) is 0 Å². The van der Waals surface area contributed by atoms with Crippen LogP contribution in [0.4, 0.5) is 0 Å². The Morgan fingerprint density at radius 1 is 0.879 bits per heavy atom. The monoisotopic (exact) mass is 442 g/mol. The molecule has 0 aliphatic rings. The van der Waals surface area contributed by atoms with Crippen molar-refractivity contribution in [3.63, 3.8) is 0 Å². The molecular weight excluding hydrogens is 408 g/mol. The molecule has 0 spiro atoms. The predicted molar refractivity (Wildman–Crippen MR) is 138 cm³/mol. The fourth-order valence-corrected chi connectivity index (χ4v) is 3.55. The minimum absolute atomic E-state index is 0.0662. The number of nitrogens with zero attached hydrogens (tertiary/aromatic N) is 2. The van der Waals surface area contributed by atoms with Crippen molar-refractivity contribution in [2.24, 2.45) is 0 Å². The average Bonchev–Trinajstić information content (AvgIpc) is 2.78. The number of rotatable bonds is 10. The zero-order valence-electron chi connectivity index (χ0n) is 20.3. The summed E-state index contributed by atoms with van der Waals surface area (Å²) in [7, 11) is 8.09. The van der Waals surface area contributed by atoms with Crippen molar-refractivity contribution in [2.75, 3.05) is 41.3 Å². The van der Waals surface area contributed by atoms with Crippen molar-refractivity contribution in [3.8, 4) is 16.9 Å². The van der Waals surface area contributed by atoms with E-state index in [0.29, 0.717) is 17.9 Å². The van der Waals surface area contributed by atoms with E-state index in [9.17, 15) is 4.79 Å². The number of benzene rings is 3. The van der Waals surface area contributed by atoms with Gasteiger partial charge in [-0.2, -0.15) is 0 Å². The molecule has 33 heavy (non-hydrogen) atoms. The normalized spacial score (nSPS) is 11.5. The standard InChI is InChI=1S/C29H34N2O2/c1-22-10-12-24(13-11-22)25-15-17-29(33-19-18-30(2)3)27(20-25)28(32)16-14-23-8-6-7-9-26(23)21-31(4)5/h6-17,20H,18-19,21H2,1-5H3/b16-14+. The molecule has 0 unspecified atom stereocenters. The Morgan fingerprint density at radius 3 is 2.27 bits per heavy atom. The van der Waals surface area contributed by atoms with E-state index in [1.807, 2.05) is 70.7 Å². The second-order valence-corrected chi connectivity index (χ2v) is 8.86. The number of hydrogen-bond acceptors (Lipinski definition) is 4. The van der Waals surface area contributed by atoms with Crippen LogP contribution in [0.15, 0.2) is 72.8 Å². The Balaban J connectivity index is 1.92. The number of ketones is 1. The number of allylic oxidation sites excluding steroid dienone is 1. The molecule has 0 saturated carbocycles. The molecule has 0 aliphatic carbocycles. The molecule has 0 saturated heterocycles. The third-order valence-electron chi connectivity index (χ3n) is 5.38. The Bertz CT molecular complexity index is 1100. The fourth-order valence-electron chi connectivity index (χ4n) is 3.55. The van der Waals surface area contributed by atoms with Crippen molar-refractivity contribution in [3.05, 3.63) is 95.1 Å². The first-order valence-electron chi connectivity index (χ1n) is 11.3. The molecule has 3 aromatic rings. The SMILES string of the molecule is Cc1ccc(-c2ccc(OCCN(C)C)c(C(=O)/C=C/c3ccccc3CN(C)C)c2)cc1. The molecule has 0 aliphatic heterocycles. The van der Waals surface area contributed by atoms with Crippen LogP contribution in [0, 0.1) is 6.92 Å². The zero-order valence-corrected chi connectivity index (χ0v) is 20.3. The molecular formula is C29H34N2O2. The van der Waals surface area contributed by atoms with Gasteiger partial charge in [0, 0.05) is 13.1 Å². The number of aryl methyl sites for hydroxylation is 1. The molecule has 0 amide bonds. The van der Waals surface area contributed by atoms with Gasteiger partial charge in [0.15, 0.2) is 5.78 Å². The highest BCUT2D eigenvalue weighted by molar-refractivity contribution is 6.09. The van der Waals surface area contributed by atoms with E-state index in [1.165, 1.54) is 11.1 Å². The molecule has 0 aromatic heterocycles. The van der Waals surface area contributed by atoms with Gasteiger partial charge in [0.1, 0.15) is 12.4 Å². The molecule has 0 heterocycles. The fraction of sp³-hybridized carbons (Fsp3) is 0.276. The predicted octanol–water partition coefficient (Wildman–Crippen LogP) is 5.56. The number of ether oxygens (including phenoxy) is 1. The summed E-state index contributed by atoms with van der Waals surface area (Å²) < 4.78 is 6.00. The highest BCUT2D eigenvalue weighted by Gasteiger charge is 2.13. The van der Waals surface area contributed by atoms with Crippen LogP contribution in [0.1, 0.15) is 27.0 Å². The Labute approximate surface area is 198 Å². The van der Waals surface area contributed by atoms with Gasteiger partial charge in [-0.3, -0.25) is 4.79 Å². The molecule has 0 fully saturated rings. The molecule has 3 rings (SSSR count). The van der Waals surface area contributed by atoms with Crippen LogP contribution >= 0.6 is 0 Å². The topological polar surface area (TPSA) is 32.8 Å². The van der Waals surface area contributed by atoms with Crippen LogP contribution in [0.5, 0.6) is 5.75 Å². The first kappa shape index (κ1) is 24.4. The van der Waals surface area contributed by atoms with Gasteiger partial charge in [-0.25, -0.2) is 0 Å². The van der Waals surface area contributed by atoms with Gasteiger partial charge in [-0.15, -0.1) is 0 Å². The molecule has 0 N–H and O–H groups in total. The van der Waals surface area contributed by atoms with E-state index in [-0.39, 0.29) is 5.78 Å². The molecule has 4 nitrogen and oxygen atoms in total. The Morgan fingerprint density at radius 2 is 1.58 bits per heavy atom. The maximum atomic E-state index is 13.3. The first-order valence-corrected chi connectivity index (χ1v) is 11.3. The summed E-state index contributed by atoms with van der Waals surface area (Å²) in [5, 5.41) is 0. The van der Waals surface area contributed by atoms with Gasteiger partial charge in [-0.1, -0.05) is 66.2 Å². The molecule has 172 valence electrons. The quantitative estimate of drug-likeness (QED) is 0.304.